The van der Waals surface area contributed by atoms with Gasteiger partial charge in [0.2, 0.25) is 5.91 Å². The SMILES string of the molecule is CC(C)(N)CNC(=O)CCCc1ccc(F)c(F)c1. The summed E-state index contributed by atoms with van der Waals surface area (Å²) in [5, 5.41) is 2.73. The highest BCUT2D eigenvalue weighted by molar-refractivity contribution is 5.75. The molecule has 0 spiro atoms. The minimum atomic E-state index is -0.855. The molecule has 0 atom stereocenters. The van der Waals surface area contributed by atoms with Gasteiger partial charge >= 0.3 is 0 Å². The number of hydrogen-bond acceptors (Lipinski definition) is 2. The molecular weight excluding hydrogens is 250 g/mol. The van der Waals surface area contributed by atoms with Crippen LogP contribution in [0.2, 0.25) is 0 Å². The molecule has 19 heavy (non-hydrogen) atoms. The van der Waals surface area contributed by atoms with Gasteiger partial charge in [0, 0.05) is 18.5 Å². The molecule has 0 aromatic heterocycles. The van der Waals surface area contributed by atoms with E-state index in [1.807, 2.05) is 13.8 Å². The Hall–Kier alpha value is -1.49. The maximum absolute atomic E-state index is 12.9. The van der Waals surface area contributed by atoms with E-state index in [-0.39, 0.29) is 5.91 Å². The number of halogens is 2. The molecule has 0 fully saturated rings. The molecule has 0 radical (unpaired) electrons. The Bertz CT molecular complexity index is 442. The normalized spacial score (nSPS) is 11.4. The molecule has 0 unspecified atom stereocenters. The zero-order valence-corrected chi connectivity index (χ0v) is 11.3. The van der Waals surface area contributed by atoms with Crippen LogP contribution in [0.3, 0.4) is 0 Å². The summed E-state index contributed by atoms with van der Waals surface area (Å²) in [6.45, 7) is 4.07. The van der Waals surface area contributed by atoms with E-state index in [4.69, 9.17) is 5.73 Å². The molecule has 1 aromatic rings. The summed E-state index contributed by atoms with van der Waals surface area (Å²) in [6, 6.07) is 3.79. The molecule has 0 saturated heterocycles. The van der Waals surface area contributed by atoms with Gasteiger partial charge < -0.3 is 11.1 Å². The lowest BCUT2D eigenvalue weighted by Gasteiger charge is -2.18. The van der Waals surface area contributed by atoms with Crippen molar-refractivity contribution in [3.8, 4) is 0 Å². The van der Waals surface area contributed by atoms with Gasteiger partial charge in [-0.1, -0.05) is 6.07 Å². The lowest BCUT2D eigenvalue weighted by Crippen LogP contribution is -2.45. The van der Waals surface area contributed by atoms with Gasteiger partial charge in [0.1, 0.15) is 0 Å². The number of carbonyl (C=O) groups excluding carboxylic acids is 1. The van der Waals surface area contributed by atoms with Gasteiger partial charge in [-0.3, -0.25) is 4.79 Å². The third kappa shape index (κ3) is 6.29. The predicted octanol–water partition coefficient (Wildman–Crippen LogP) is 2.14. The van der Waals surface area contributed by atoms with Gasteiger partial charge in [0.25, 0.3) is 0 Å². The van der Waals surface area contributed by atoms with Crippen molar-refractivity contribution in [2.45, 2.75) is 38.6 Å². The van der Waals surface area contributed by atoms with E-state index in [9.17, 15) is 13.6 Å². The van der Waals surface area contributed by atoms with Crippen LogP contribution in [0, 0.1) is 11.6 Å². The maximum atomic E-state index is 12.9. The second-order valence-corrected chi connectivity index (χ2v) is 5.37. The standard InChI is InChI=1S/C14H20F2N2O/c1-14(2,17)9-18-13(19)5-3-4-10-6-7-11(15)12(16)8-10/h6-8H,3-5,9,17H2,1-2H3,(H,18,19). The highest BCUT2D eigenvalue weighted by Crippen LogP contribution is 2.11. The Kier molecular flexibility index (Phi) is 5.42. The Labute approximate surface area is 112 Å². The van der Waals surface area contributed by atoms with E-state index >= 15 is 0 Å². The summed E-state index contributed by atoms with van der Waals surface area (Å²) >= 11 is 0. The first-order valence-corrected chi connectivity index (χ1v) is 6.27. The summed E-state index contributed by atoms with van der Waals surface area (Å²) in [7, 11) is 0. The second-order valence-electron chi connectivity index (χ2n) is 5.37. The first-order valence-electron chi connectivity index (χ1n) is 6.27. The Balaban J connectivity index is 2.30. The second kappa shape index (κ2) is 6.61. The van der Waals surface area contributed by atoms with Crippen molar-refractivity contribution in [3.63, 3.8) is 0 Å². The summed E-state index contributed by atoms with van der Waals surface area (Å²) in [6.07, 6.45) is 1.47. The molecule has 0 aliphatic heterocycles. The number of carbonyl (C=O) groups is 1. The van der Waals surface area contributed by atoms with Crippen LogP contribution in [0.5, 0.6) is 0 Å². The van der Waals surface area contributed by atoms with Crippen LogP contribution in [0.4, 0.5) is 8.78 Å². The smallest absolute Gasteiger partial charge is 0.220 e. The highest BCUT2D eigenvalue weighted by Gasteiger charge is 2.12. The zero-order chi connectivity index (χ0) is 14.5. The van der Waals surface area contributed by atoms with Gasteiger partial charge in [0.05, 0.1) is 0 Å². The molecule has 5 heteroatoms. The number of benzene rings is 1. The average molecular weight is 270 g/mol. The number of hydrogen-bond donors (Lipinski definition) is 2. The van der Waals surface area contributed by atoms with Gasteiger partial charge in [0.15, 0.2) is 11.6 Å². The van der Waals surface area contributed by atoms with E-state index in [1.54, 1.807) is 0 Å². The summed E-state index contributed by atoms with van der Waals surface area (Å²) < 4.78 is 25.7. The van der Waals surface area contributed by atoms with E-state index in [0.29, 0.717) is 31.4 Å². The predicted molar refractivity (Wildman–Crippen MR) is 70.6 cm³/mol. The fourth-order valence-corrected chi connectivity index (χ4v) is 1.56. The van der Waals surface area contributed by atoms with Crippen LogP contribution in [-0.4, -0.2) is 18.0 Å². The number of nitrogens with two attached hydrogens (primary N) is 1. The van der Waals surface area contributed by atoms with E-state index < -0.39 is 17.2 Å². The van der Waals surface area contributed by atoms with Gasteiger partial charge in [-0.2, -0.15) is 0 Å². The van der Waals surface area contributed by atoms with Crippen molar-refractivity contribution in [2.75, 3.05) is 6.54 Å². The Morgan fingerprint density at radius 1 is 1.32 bits per heavy atom. The van der Waals surface area contributed by atoms with Crippen molar-refractivity contribution in [3.05, 3.63) is 35.4 Å². The minimum absolute atomic E-state index is 0.0823. The number of amides is 1. The van der Waals surface area contributed by atoms with E-state index in [0.717, 1.165) is 12.1 Å². The van der Waals surface area contributed by atoms with Crippen LogP contribution in [0.1, 0.15) is 32.3 Å². The first kappa shape index (κ1) is 15.6. The Morgan fingerprint density at radius 3 is 2.58 bits per heavy atom. The third-order valence-electron chi connectivity index (χ3n) is 2.59. The van der Waals surface area contributed by atoms with Gasteiger partial charge in [-0.15, -0.1) is 0 Å². The third-order valence-corrected chi connectivity index (χ3v) is 2.59. The summed E-state index contributed by atoms with van der Waals surface area (Å²) in [4.78, 5) is 11.5. The van der Waals surface area contributed by atoms with Crippen molar-refractivity contribution < 1.29 is 13.6 Å². The van der Waals surface area contributed by atoms with Crippen molar-refractivity contribution in [2.24, 2.45) is 5.73 Å². The topological polar surface area (TPSA) is 55.1 Å². The maximum Gasteiger partial charge on any atom is 0.220 e. The zero-order valence-electron chi connectivity index (χ0n) is 11.3. The van der Waals surface area contributed by atoms with Gasteiger partial charge in [-0.05, 0) is 44.4 Å². The highest BCUT2D eigenvalue weighted by atomic mass is 19.2. The average Bonchev–Trinajstić information content (AvgIpc) is 2.30. The van der Waals surface area contributed by atoms with Crippen LogP contribution in [0.25, 0.3) is 0 Å². The molecule has 0 bridgehead atoms. The summed E-state index contributed by atoms with van der Waals surface area (Å²) in [5.74, 6) is -1.79. The van der Waals surface area contributed by atoms with E-state index in [2.05, 4.69) is 5.32 Å². The van der Waals surface area contributed by atoms with E-state index in [1.165, 1.54) is 6.07 Å². The van der Waals surface area contributed by atoms with Crippen molar-refractivity contribution >= 4 is 5.91 Å². The molecule has 0 aliphatic rings. The van der Waals surface area contributed by atoms with Crippen molar-refractivity contribution in [1.82, 2.24) is 5.32 Å². The van der Waals surface area contributed by atoms with Crippen LogP contribution in [0.15, 0.2) is 18.2 Å². The van der Waals surface area contributed by atoms with Crippen molar-refractivity contribution in [1.29, 1.82) is 0 Å². The lowest BCUT2D eigenvalue weighted by molar-refractivity contribution is -0.121. The molecule has 106 valence electrons. The molecule has 1 amide bonds. The molecule has 3 N–H and O–H groups in total. The molecule has 0 saturated carbocycles. The number of rotatable bonds is 6. The number of nitrogens with one attached hydrogen (secondary N) is 1. The largest absolute Gasteiger partial charge is 0.354 e. The van der Waals surface area contributed by atoms with Gasteiger partial charge in [-0.25, -0.2) is 8.78 Å². The van der Waals surface area contributed by atoms with Crippen LogP contribution < -0.4 is 11.1 Å². The molecule has 0 heterocycles. The molecule has 1 aromatic carbocycles. The molecule has 3 nitrogen and oxygen atoms in total. The quantitative estimate of drug-likeness (QED) is 0.832. The monoisotopic (exact) mass is 270 g/mol. The Morgan fingerprint density at radius 2 is 2.00 bits per heavy atom. The minimum Gasteiger partial charge on any atom is -0.354 e. The fourth-order valence-electron chi connectivity index (χ4n) is 1.56. The lowest BCUT2D eigenvalue weighted by atomic mass is 10.1. The molecular formula is C14H20F2N2O. The summed E-state index contributed by atoms with van der Waals surface area (Å²) in [5.41, 5.74) is 5.99. The van der Waals surface area contributed by atoms with Crippen LogP contribution >= 0.6 is 0 Å². The van der Waals surface area contributed by atoms with Crippen LogP contribution in [-0.2, 0) is 11.2 Å². The fraction of sp³-hybridized carbons (Fsp3) is 0.500. The number of aryl methyl sites for hydroxylation is 1. The molecule has 1 rings (SSSR count). The molecule has 0 aliphatic carbocycles. The first-order chi connectivity index (χ1) is 8.78.